The molecular formula is C14H16N2O2. The Balaban J connectivity index is 2.18. The summed E-state index contributed by atoms with van der Waals surface area (Å²) in [6.07, 6.45) is 0.105. The number of rotatable bonds is 1. The summed E-state index contributed by atoms with van der Waals surface area (Å²) >= 11 is 0. The van der Waals surface area contributed by atoms with Crippen LogP contribution in [0.25, 0.3) is 0 Å². The zero-order valence-corrected chi connectivity index (χ0v) is 10.6. The van der Waals surface area contributed by atoms with Gasteiger partial charge in [0.15, 0.2) is 0 Å². The van der Waals surface area contributed by atoms with Gasteiger partial charge in [0, 0.05) is 18.7 Å². The van der Waals surface area contributed by atoms with Gasteiger partial charge in [0.05, 0.1) is 23.8 Å². The smallest absolute Gasteiger partial charge is 0.254 e. The molecule has 1 aromatic carbocycles. The minimum atomic E-state index is -0.0332. The highest BCUT2D eigenvalue weighted by Gasteiger charge is 2.26. The van der Waals surface area contributed by atoms with E-state index in [1.54, 1.807) is 29.2 Å². The van der Waals surface area contributed by atoms with Crippen LogP contribution < -0.4 is 0 Å². The SMILES string of the molecule is C[C@@H]1CN(C(=O)c2cccc(C#N)c2)C[C@H](C)O1. The van der Waals surface area contributed by atoms with Crippen LogP contribution in [0.4, 0.5) is 0 Å². The van der Waals surface area contributed by atoms with Gasteiger partial charge in [0.25, 0.3) is 5.91 Å². The number of carbonyl (C=O) groups excluding carboxylic acids is 1. The van der Waals surface area contributed by atoms with E-state index in [4.69, 9.17) is 10.00 Å². The summed E-state index contributed by atoms with van der Waals surface area (Å²) in [4.78, 5) is 14.1. The van der Waals surface area contributed by atoms with E-state index in [-0.39, 0.29) is 18.1 Å². The van der Waals surface area contributed by atoms with Gasteiger partial charge in [-0.2, -0.15) is 5.26 Å². The Morgan fingerprint density at radius 1 is 1.39 bits per heavy atom. The van der Waals surface area contributed by atoms with Crippen molar-refractivity contribution in [2.75, 3.05) is 13.1 Å². The third-order valence-corrected chi connectivity index (χ3v) is 2.95. The molecule has 1 aliphatic heterocycles. The van der Waals surface area contributed by atoms with E-state index in [9.17, 15) is 4.79 Å². The molecule has 0 saturated carbocycles. The van der Waals surface area contributed by atoms with Gasteiger partial charge in [-0.1, -0.05) is 6.07 Å². The number of hydrogen-bond donors (Lipinski definition) is 0. The molecule has 94 valence electrons. The van der Waals surface area contributed by atoms with E-state index < -0.39 is 0 Å². The third-order valence-electron chi connectivity index (χ3n) is 2.95. The number of benzene rings is 1. The first-order valence-electron chi connectivity index (χ1n) is 6.05. The van der Waals surface area contributed by atoms with E-state index in [2.05, 4.69) is 0 Å². The van der Waals surface area contributed by atoms with Crippen molar-refractivity contribution in [1.82, 2.24) is 4.90 Å². The van der Waals surface area contributed by atoms with E-state index >= 15 is 0 Å². The zero-order chi connectivity index (χ0) is 13.1. The van der Waals surface area contributed by atoms with E-state index in [1.165, 1.54) is 0 Å². The molecule has 2 atom stereocenters. The number of nitriles is 1. The molecule has 18 heavy (non-hydrogen) atoms. The Hall–Kier alpha value is -1.86. The molecule has 0 aliphatic carbocycles. The topological polar surface area (TPSA) is 53.3 Å². The Kier molecular flexibility index (Phi) is 3.63. The Morgan fingerprint density at radius 3 is 2.67 bits per heavy atom. The molecule has 4 nitrogen and oxygen atoms in total. The lowest BCUT2D eigenvalue weighted by atomic mass is 10.1. The third kappa shape index (κ3) is 2.69. The summed E-state index contributed by atoms with van der Waals surface area (Å²) in [6.45, 7) is 5.11. The molecule has 1 aromatic rings. The fourth-order valence-electron chi connectivity index (χ4n) is 2.25. The van der Waals surface area contributed by atoms with Crippen LogP contribution in [0.3, 0.4) is 0 Å². The van der Waals surface area contributed by atoms with Crippen molar-refractivity contribution in [2.45, 2.75) is 26.1 Å². The molecule has 0 spiro atoms. The number of hydrogen-bond acceptors (Lipinski definition) is 3. The lowest BCUT2D eigenvalue weighted by molar-refractivity contribution is -0.0586. The van der Waals surface area contributed by atoms with Gasteiger partial charge in [-0.25, -0.2) is 0 Å². The molecule has 1 fully saturated rings. The highest BCUT2D eigenvalue weighted by Crippen LogP contribution is 2.15. The number of nitrogens with zero attached hydrogens (tertiary/aromatic N) is 2. The first-order valence-corrected chi connectivity index (χ1v) is 6.05. The van der Waals surface area contributed by atoms with E-state index in [1.807, 2.05) is 19.9 Å². The predicted octanol–water partition coefficient (Wildman–Crippen LogP) is 1.81. The van der Waals surface area contributed by atoms with Gasteiger partial charge < -0.3 is 9.64 Å². The highest BCUT2D eigenvalue weighted by atomic mass is 16.5. The molecule has 1 saturated heterocycles. The Bertz CT molecular complexity index is 483. The largest absolute Gasteiger partial charge is 0.372 e. The summed E-state index contributed by atoms with van der Waals surface area (Å²) in [5, 5.41) is 8.84. The summed E-state index contributed by atoms with van der Waals surface area (Å²) < 4.78 is 5.60. The van der Waals surface area contributed by atoms with Crippen LogP contribution in [-0.4, -0.2) is 36.1 Å². The monoisotopic (exact) mass is 244 g/mol. The van der Waals surface area contributed by atoms with Crippen molar-refractivity contribution in [3.05, 3.63) is 35.4 Å². The maximum Gasteiger partial charge on any atom is 0.254 e. The quantitative estimate of drug-likeness (QED) is 0.757. The molecular weight excluding hydrogens is 228 g/mol. The average Bonchev–Trinajstić information content (AvgIpc) is 2.37. The van der Waals surface area contributed by atoms with Crippen LogP contribution in [0.15, 0.2) is 24.3 Å². The van der Waals surface area contributed by atoms with Crippen molar-refractivity contribution >= 4 is 5.91 Å². The summed E-state index contributed by atoms with van der Waals surface area (Å²) in [5.74, 6) is -0.0332. The first kappa shape index (κ1) is 12.6. The maximum atomic E-state index is 12.3. The molecule has 4 heteroatoms. The maximum absolute atomic E-state index is 12.3. The van der Waals surface area contributed by atoms with Crippen molar-refractivity contribution in [3.63, 3.8) is 0 Å². The fourth-order valence-corrected chi connectivity index (χ4v) is 2.25. The van der Waals surface area contributed by atoms with E-state index in [0.717, 1.165) is 0 Å². The highest BCUT2D eigenvalue weighted by molar-refractivity contribution is 5.94. The number of amides is 1. The van der Waals surface area contributed by atoms with Crippen molar-refractivity contribution < 1.29 is 9.53 Å². The van der Waals surface area contributed by atoms with Crippen LogP contribution in [0.5, 0.6) is 0 Å². The standard InChI is InChI=1S/C14H16N2O2/c1-10-8-16(9-11(2)18-10)14(17)13-5-3-4-12(6-13)7-15/h3-6,10-11H,8-9H2,1-2H3/t10-,11+. The molecule has 1 heterocycles. The van der Waals surface area contributed by atoms with Crippen LogP contribution in [0, 0.1) is 11.3 Å². The molecule has 1 aliphatic rings. The lowest BCUT2D eigenvalue weighted by Gasteiger charge is -2.35. The van der Waals surface area contributed by atoms with Gasteiger partial charge >= 0.3 is 0 Å². The molecule has 2 rings (SSSR count). The minimum Gasteiger partial charge on any atom is -0.372 e. The first-order chi connectivity index (χ1) is 8.60. The second-order valence-corrected chi connectivity index (χ2v) is 4.66. The van der Waals surface area contributed by atoms with Gasteiger partial charge in [-0.3, -0.25) is 4.79 Å². The van der Waals surface area contributed by atoms with Crippen molar-refractivity contribution in [3.8, 4) is 6.07 Å². The van der Waals surface area contributed by atoms with E-state index in [0.29, 0.717) is 24.2 Å². The van der Waals surface area contributed by atoms with Crippen molar-refractivity contribution in [2.24, 2.45) is 0 Å². The van der Waals surface area contributed by atoms with Crippen LogP contribution in [0.1, 0.15) is 29.8 Å². The molecule has 0 unspecified atom stereocenters. The van der Waals surface area contributed by atoms with Gasteiger partial charge in [0.1, 0.15) is 0 Å². The summed E-state index contributed by atoms with van der Waals surface area (Å²) in [6, 6.07) is 8.85. The molecule has 0 N–H and O–H groups in total. The van der Waals surface area contributed by atoms with Gasteiger partial charge in [0.2, 0.25) is 0 Å². The van der Waals surface area contributed by atoms with Gasteiger partial charge in [-0.05, 0) is 32.0 Å². The van der Waals surface area contributed by atoms with Crippen LogP contribution >= 0.6 is 0 Å². The predicted molar refractivity (Wildman–Crippen MR) is 67.1 cm³/mol. The fraction of sp³-hybridized carbons (Fsp3) is 0.429. The second kappa shape index (κ2) is 5.19. The van der Waals surface area contributed by atoms with Crippen LogP contribution in [0.2, 0.25) is 0 Å². The number of carbonyl (C=O) groups is 1. The Morgan fingerprint density at radius 2 is 2.06 bits per heavy atom. The van der Waals surface area contributed by atoms with Crippen LogP contribution in [-0.2, 0) is 4.74 Å². The van der Waals surface area contributed by atoms with Gasteiger partial charge in [-0.15, -0.1) is 0 Å². The number of ether oxygens (including phenoxy) is 1. The second-order valence-electron chi connectivity index (χ2n) is 4.66. The minimum absolute atomic E-state index is 0.0332. The average molecular weight is 244 g/mol. The lowest BCUT2D eigenvalue weighted by Crippen LogP contribution is -2.48. The normalized spacial score (nSPS) is 23.5. The van der Waals surface area contributed by atoms with Crippen molar-refractivity contribution in [1.29, 1.82) is 5.26 Å². The summed E-state index contributed by atoms with van der Waals surface area (Å²) in [5.41, 5.74) is 1.07. The Labute approximate surface area is 107 Å². The molecule has 0 bridgehead atoms. The zero-order valence-electron chi connectivity index (χ0n) is 10.6. The molecule has 0 aromatic heterocycles. The summed E-state index contributed by atoms with van der Waals surface area (Å²) in [7, 11) is 0. The molecule has 1 amide bonds. The number of morpholine rings is 1. The molecule has 0 radical (unpaired) electrons.